The molecule has 3 heterocycles. The molecule has 1 aromatic heterocycles. The van der Waals surface area contributed by atoms with Crippen molar-refractivity contribution in [2.45, 2.75) is 26.2 Å². The Morgan fingerprint density at radius 2 is 2.14 bits per heavy atom. The molecule has 1 atom stereocenters. The summed E-state index contributed by atoms with van der Waals surface area (Å²) in [5.41, 5.74) is 0. The number of rotatable bonds is 4. The van der Waals surface area contributed by atoms with Crippen LogP contribution in [0.1, 0.15) is 25.6 Å². The summed E-state index contributed by atoms with van der Waals surface area (Å²) in [6.45, 7) is 6.99. The summed E-state index contributed by atoms with van der Waals surface area (Å²) in [6.07, 6.45) is 2.81. The van der Waals surface area contributed by atoms with E-state index in [9.17, 15) is 8.42 Å². The Hall–Kier alpha value is -0.730. The van der Waals surface area contributed by atoms with Gasteiger partial charge in [-0.2, -0.15) is 4.37 Å². The molecule has 0 unspecified atom stereocenters. The van der Waals surface area contributed by atoms with Crippen LogP contribution in [0.3, 0.4) is 0 Å². The van der Waals surface area contributed by atoms with Crippen LogP contribution in [0.4, 0.5) is 5.13 Å². The Morgan fingerprint density at radius 3 is 2.82 bits per heavy atom. The smallest absolute Gasteiger partial charge is 0.205 e. The van der Waals surface area contributed by atoms with Crippen LogP contribution in [0.2, 0.25) is 0 Å². The van der Waals surface area contributed by atoms with E-state index in [0.29, 0.717) is 17.4 Å². The molecule has 22 heavy (non-hydrogen) atoms. The number of hydrogen-bond acceptors (Lipinski definition) is 7. The zero-order valence-electron chi connectivity index (χ0n) is 13.1. The van der Waals surface area contributed by atoms with Crippen molar-refractivity contribution >= 4 is 26.5 Å². The van der Waals surface area contributed by atoms with Gasteiger partial charge in [-0.25, -0.2) is 13.4 Å². The summed E-state index contributed by atoms with van der Waals surface area (Å²) in [5, 5.41) is 1.03. The number of nitrogens with zero attached hydrogens (tertiary/aromatic N) is 4. The molecule has 2 saturated heterocycles. The largest absolute Gasteiger partial charge is 0.346 e. The maximum atomic E-state index is 11.6. The minimum atomic E-state index is -2.76. The van der Waals surface area contributed by atoms with Crippen LogP contribution in [0.5, 0.6) is 0 Å². The molecule has 124 valence electrons. The monoisotopic (exact) mass is 344 g/mol. The molecule has 8 heteroatoms. The molecular formula is C14H24N4O2S2. The van der Waals surface area contributed by atoms with E-state index in [2.05, 4.69) is 26.1 Å². The van der Waals surface area contributed by atoms with Crippen LogP contribution in [0.25, 0.3) is 0 Å². The van der Waals surface area contributed by atoms with Gasteiger partial charge in [0.1, 0.15) is 5.82 Å². The van der Waals surface area contributed by atoms with Gasteiger partial charge in [-0.05, 0) is 25.3 Å². The van der Waals surface area contributed by atoms with Gasteiger partial charge in [0.2, 0.25) is 5.13 Å². The molecular weight excluding hydrogens is 320 g/mol. The lowest BCUT2D eigenvalue weighted by atomic mass is 10.1. The fraction of sp³-hybridized carbons (Fsp3) is 0.857. The zero-order valence-corrected chi connectivity index (χ0v) is 14.7. The van der Waals surface area contributed by atoms with Crippen LogP contribution in [-0.4, -0.2) is 66.9 Å². The SMILES string of the molecule is CCc1nsc(N2CCCN(C[C@H]3CCS(=O)(=O)C3)CC2)n1. The van der Waals surface area contributed by atoms with Crippen LogP contribution >= 0.6 is 11.5 Å². The third-order valence-electron chi connectivity index (χ3n) is 4.48. The summed E-state index contributed by atoms with van der Waals surface area (Å²) in [5.74, 6) is 2.01. The molecule has 0 spiro atoms. The average Bonchev–Trinajstić information content (AvgIpc) is 3.01. The van der Waals surface area contributed by atoms with Gasteiger partial charge in [-0.3, -0.25) is 0 Å². The van der Waals surface area contributed by atoms with E-state index in [1.807, 2.05) is 0 Å². The van der Waals surface area contributed by atoms with Crippen molar-refractivity contribution < 1.29 is 8.42 Å². The lowest BCUT2D eigenvalue weighted by Gasteiger charge is -2.23. The molecule has 6 nitrogen and oxygen atoms in total. The van der Waals surface area contributed by atoms with E-state index in [1.54, 1.807) is 0 Å². The molecule has 2 fully saturated rings. The van der Waals surface area contributed by atoms with E-state index in [0.717, 1.165) is 62.9 Å². The van der Waals surface area contributed by atoms with Gasteiger partial charge in [0.15, 0.2) is 9.84 Å². The van der Waals surface area contributed by atoms with E-state index in [-0.39, 0.29) is 0 Å². The maximum Gasteiger partial charge on any atom is 0.205 e. The molecule has 0 aromatic carbocycles. The Balaban J connectivity index is 1.53. The van der Waals surface area contributed by atoms with Crippen molar-refractivity contribution in [3.05, 3.63) is 5.82 Å². The van der Waals surface area contributed by atoms with Gasteiger partial charge in [0.25, 0.3) is 0 Å². The topological polar surface area (TPSA) is 66.4 Å². The molecule has 0 amide bonds. The summed E-state index contributed by atoms with van der Waals surface area (Å²) in [6, 6.07) is 0. The van der Waals surface area contributed by atoms with Gasteiger partial charge in [-0.1, -0.05) is 6.92 Å². The second-order valence-corrected chi connectivity index (χ2v) is 9.22. The van der Waals surface area contributed by atoms with Gasteiger partial charge in [0, 0.05) is 44.1 Å². The first-order valence-corrected chi connectivity index (χ1v) is 10.7. The van der Waals surface area contributed by atoms with Crippen molar-refractivity contribution in [3.63, 3.8) is 0 Å². The summed E-state index contributed by atoms with van der Waals surface area (Å²) in [4.78, 5) is 9.32. The molecule has 0 saturated carbocycles. The fourth-order valence-corrected chi connectivity index (χ4v) is 5.89. The van der Waals surface area contributed by atoms with Crippen molar-refractivity contribution in [3.8, 4) is 0 Å². The number of hydrogen-bond donors (Lipinski definition) is 0. The fourth-order valence-electron chi connectivity index (χ4n) is 3.24. The molecule has 0 N–H and O–H groups in total. The second kappa shape index (κ2) is 6.80. The lowest BCUT2D eigenvalue weighted by Crippen LogP contribution is -2.34. The molecule has 2 aliphatic heterocycles. The Labute approximate surface area is 136 Å². The molecule has 0 bridgehead atoms. The molecule has 2 aliphatic rings. The summed E-state index contributed by atoms with van der Waals surface area (Å²) < 4.78 is 27.5. The highest BCUT2D eigenvalue weighted by Gasteiger charge is 2.29. The van der Waals surface area contributed by atoms with Crippen molar-refractivity contribution in [1.29, 1.82) is 0 Å². The number of anilines is 1. The molecule has 1 aromatic rings. The quantitative estimate of drug-likeness (QED) is 0.813. The lowest BCUT2D eigenvalue weighted by molar-refractivity contribution is 0.255. The van der Waals surface area contributed by atoms with E-state index < -0.39 is 9.84 Å². The van der Waals surface area contributed by atoms with Crippen molar-refractivity contribution in [2.75, 3.05) is 49.1 Å². The second-order valence-electron chi connectivity index (χ2n) is 6.26. The van der Waals surface area contributed by atoms with E-state index >= 15 is 0 Å². The number of aromatic nitrogens is 2. The Morgan fingerprint density at radius 1 is 1.27 bits per heavy atom. The van der Waals surface area contributed by atoms with E-state index in [4.69, 9.17) is 0 Å². The van der Waals surface area contributed by atoms with Gasteiger partial charge in [-0.15, -0.1) is 0 Å². The minimum Gasteiger partial charge on any atom is -0.346 e. The number of aryl methyl sites for hydroxylation is 1. The summed E-state index contributed by atoms with van der Waals surface area (Å²) in [7, 11) is -2.76. The highest BCUT2D eigenvalue weighted by Crippen LogP contribution is 2.22. The average molecular weight is 345 g/mol. The van der Waals surface area contributed by atoms with Gasteiger partial charge in [0.05, 0.1) is 11.5 Å². The van der Waals surface area contributed by atoms with Crippen LogP contribution in [-0.2, 0) is 16.3 Å². The minimum absolute atomic E-state index is 0.324. The Bertz CT molecular complexity index is 602. The predicted molar refractivity (Wildman–Crippen MR) is 89.3 cm³/mol. The highest BCUT2D eigenvalue weighted by atomic mass is 32.2. The Kier molecular flexibility index (Phi) is 4.99. The first kappa shape index (κ1) is 16.1. The first-order chi connectivity index (χ1) is 10.6. The molecule has 3 rings (SSSR count). The third-order valence-corrected chi connectivity index (χ3v) is 7.13. The van der Waals surface area contributed by atoms with Crippen LogP contribution in [0.15, 0.2) is 0 Å². The van der Waals surface area contributed by atoms with Gasteiger partial charge >= 0.3 is 0 Å². The highest BCUT2D eigenvalue weighted by molar-refractivity contribution is 7.91. The number of sulfone groups is 1. The van der Waals surface area contributed by atoms with Crippen molar-refractivity contribution in [1.82, 2.24) is 14.3 Å². The normalized spacial score (nSPS) is 26.2. The van der Waals surface area contributed by atoms with Crippen molar-refractivity contribution in [2.24, 2.45) is 5.92 Å². The van der Waals surface area contributed by atoms with E-state index in [1.165, 1.54) is 11.5 Å². The molecule has 0 radical (unpaired) electrons. The summed E-state index contributed by atoms with van der Waals surface area (Å²) >= 11 is 1.49. The van der Waals surface area contributed by atoms with Crippen LogP contribution in [0, 0.1) is 5.92 Å². The first-order valence-electron chi connectivity index (χ1n) is 8.06. The zero-order chi connectivity index (χ0) is 15.6. The standard InChI is InChI=1S/C14H24N4O2S2/c1-2-13-15-14(21-16-13)18-6-3-5-17(7-8-18)10-12-4-9-22(19,20)11-12/h12H,2-11H2,1H3/t12-/m1/s1. The molecule has 0 aliphatic carbocycles. The predicted octanol–water partition coefficient (Wildman–Crippen LogP) is 1.05. The third kappa shape index (κ3) is 3.97. The van der Waals surface area contributed by atoms with Crippen LogP contribution < -0.4 is 4.90 Å². The maximum absolute atomic E-state index is 11.6. The van der Waals surface area contributed by atoms with Gasteiger partial charge < -0.3 is 9.80 Å².